The lowest BCUT2D eigenvalue weighted by Gasteiger charge is -2.18. The molecule has 0 aliphatic rings. The molecule has 0 aromatic rings. The summed E-state index contributed by atoms with van der Waals surface area (Å²) in [6.07, 6.45) is -5.35. The van der Waals surface area contributed by atoms with Crippen molar-refractivity contribution in [2.24, 2.45) is 0 Å². The van der Waals surface area contributed by atoms with Crippen molar-refractivity contribution in [1.29, 1.82) is 0 Å². The first kappa shape index (κ1) is 13.5. The Morgan fingerprint density at radius 1 is 1.50 bits per heavy atom. The Morgan fingerprint density at radius 3 is 2.36 bits per heavy atom. The van der Waals surface area contributed by atoms with Crippen molar-refractivity contribution in [3.05, 3.63) is 0 Å². The molecule has 0 bridgehead atoms. The maximum Gasteiger partial charge on any atom is 0.397 e. The lowest BCUT2D eigenvalue weighted by Crippen LogP contribution is -2.32. The summed E-state index contributed by atoms with van der Waals surface area (Å²) in [4.78, 5) is 12.0. The fraction of sp³-hybridized carbons (Fsp3) is 0.875. The van der Waals surface area contributed by atoms with Gasteiger partial charge in [0.2, 0.25) is 5.91 Å². The SMILES string of the molecule is CC(Cl)CCN(C)C(=O)CC(F)(F)F. The van der Waals surface area contributed by atoms with Gasteiger partial charge in [0.05, 0.1) is 0 Å². The zero-order chi connectivity index (χ0) is 11.4. The number of halogens is 4. The number of alkyl halides is 4. The van der Waals surface area contributed by atoms with E-state index in [0.717, 1.165) is 4.90 Å². The van der Waals surface area contributed by atoms with Gasteiger partial charge in [-0.05, 0) is 13.3 Å². The summed E-state index contributed by atoms with van der Waals surface area (Å²) in [7, 11) is 1.34. The van der Waals surface area contributed by atoms with Crippen LogP contribution in [0, 0.1) is 0 Å². The van der Waals surface area contributed by atoms with E-state index in [1.165, 1.54) is 7.05 Å². The zero-order valence-corrected chi connectivity index (χ0v) is 8.82. The Morgan fingerprint density at radius 2 is 2.00 bits per heavy atom. The zero-order valence-electron chi connectivity index (χ0n) is 8.07. The average molecular weight is 232 g/mol. The van der Waals surface area contributed by atoms with Crippen molar-refractivity contribution in [1.82, 2.24) is 4.90 Å². The number of carbonyl (C=O) groups is 1. The summed E-state index contributed by atoms with van der Waals surface area (Å²) in [5, 5.41) is -0.142. The van der Waals surface area contributed by atoms with Crippen molar-refractivity contribution in [3.63, 3.8) is 0 Å². The summed E-state index contributed by atoms with van der Waals surface area (Å²) in [6.45, 7) is 1.98. The molecular formula is C8H13ClF3NO. The van der Waals surface area contributed by atoms with Gasteiger partial charge in [-0.1, -0.05) is 0 Å². The Kier molecular flexibility index (Phi) is 5.26. The third-order valence-corrected chi connectivity index (χ3v) is 1.86. The van der Waals surface area contributed by atoms with Crippen LogP contribution in [0.5, 0.6) is 0 Å². The van der Waals surface area contributed by atoms with Crippen LogP contribution in [-0.2, 0) is 4.79 Å². The molecule has 0 radical (unpaired) electrons. The van der Waals surface area contributed by atoms with E-state index in [9.17, 15) is 18.0 Å². The molecule has 0 aromatic carbocycles. The first-order chi connectivity index (χ1) is 6.22. The highest BCUT2D eigenvalue weighted by atomic mass is 35.5. The molecule has 0 heterocycles. The molecule has 1 amide bonds. The van der Waals surface area contributed by atoms with Crippen LogP contribution in [0.4, 0.5) is 13.2 Å². The Labute approximate surface area is 86.0 Å². The molecule has 84 valence electrons. The van der Waals surface area contributed by atoms with Crippen molar-refractivity contribution in [3.8, 4) is 0 Å². The number of nitrogens with zero attached hydrogens (tertiary/aromatic N) is 1. The molecule has 6 heteroatoms. The molecule has 0 N–H and O–H groups in total. The maximum atomic E-state index is 11.8. The van der Waals surface area contributed by atoms with Crippen LogP contribution in [0.2, 0.25) is 0 Å². The highest BCUT2D eigenvalue weighted by molar-refractivity contribution is 6.20. The van der Waals surface area contributed by atoms with Crippen LogP contribution in [0.1, 0.15) is 19.8 Å². The fourth-order valence-corrected chi connectivity index (χ4v) is 0.900. The quantitative estimate of drug-likeness (QED) is 0.681. The third-order valence-electron chi connectivity index (χ3n) is 1.64. The minimum atomic E-state index is -4.43. The molecule has 1 unspecified atom stereocenters. The van der Waals surface area contributed by atoms with Crippen LogP contribution in [0.15, 0.2) is 0 Å². The second kappa shape index (κ2) is 5.44. The third kappa shape index (κ3) is 7.00. The van der Waals surface area contributed by atoms with Crippen molar-refractivity contribution in [2.75, 3.05) is 13.6 Å². The first-order valence-electron chi connectivity index (χ1n) is 4.17. The van der Waals surface area contributed by atoms with E-state index in [1.54, 1.807) is 6.92 Å². The molecule has 0 aliphatic carbocycles. The number of hydrogen-bond acceptors (Lipinski definition) is 1. The average Bonchev–Trinajstić information content (AvgIpc) is 1.96. The summed E-state index contributed by atoms with van der Waals surface area (Å²) in [5.41, 5.74) is 0. The van der Waals surface area contributed by atoms with Crippen LogP contribution >= 0.6 is 11.6 Å². The van der Waals surface area contributed by atoms with E-state index in [1.807, 2.05) is 0 Å². The molecule has 0 saturated carbocycles. The fourth-order valence-electron chi connectivity index (χ4n) is 0.803. The molecule has 2 nitrogen and oxygen atoms in total. The molecule has 0 spiro atoms. The molecular weight excluding hydrogens is 219 g/mol. The molecule has 0 aliphatic heterocycles. The van der Waals surface area contributed by atoms with Gasteiger partial charge in [0.15, 0.2) is 0 Å². The number of rotatable bonds is 4. The van der Waals surface area contributed by atoms with E-state index >= 15 is 0 Å². The summed E-state index contributed by atoms with van der Waals surface area (Å²) >= 11 is 5.60. The Balaban J connectivity index is 3.88. The summed E-state index contributed by atoms with van der Waals surface area (Å²) in [5.74, 6) is -0.921. The topological polar surface area (TPSA) is 20.3 Å². The van der Waals surface area contributed by atoms with Gasteiger partial charge in [0.25, 0.3) is 0 Å². The second-order valence-electron chi connectivity index (χ2n) is 3.18. The molecule has 0 aromatic heterocycles. The summed E-state index contributed by atoms with van der Waals surface area (Å²) in [6, 6.07) is 0. The largest absolute Gasteiger partial charge is 0.397 e. The van der Waals surface area contributed by atoms with Crippen molar-refractivity contribution >= 4 is 17.5 Å². The molecule has 1 atom stereocenters. The van der Waals surface area contributed by atoms with Crippen molar-refractivity contribution in [2.45, 2.75) is 31.3 Å². The Bertz CT molecular complexity index is 194. The number of hydrogen-bond donors (Lipinski definition) is 0. The normalized spacial score (nSPS) is 13.9. The number of carbonyl (C=O) groups excluding carboxylic acids is 1. The van der Waals surface area contributed by atoms with Gasteiger partial charge in [-0.2, -0.15) is 13.2 Å². The lowest BCUT2D eigenvalue weighted by atomic mass is 10.3. The van der Waals surface area contributed by atoms with E-state index in [-0.39, 0.29) is 11.9 Å². The predicted octanol–water partition coefficient (Wildman–Crippen LogP) is 2.41. The van der Waals surface area contributed by atoms with E-state index < -0.39 is 18.5 Å². The van der Waals surface area contributed by atoms with Gasteiger partial charge < -0.3 is 4.90 Å². The van der Waals surface area contributed by atoms with Crippen LogP contribution in [0.3, 0.4) is 0 Å². The highest BCUT2D eigenvalue weighted by Gasteiger charge is 2.32. The second-order valence-corrected chi connectivity index (χ2v) is 3.92. The van der Waals surface area contributed by atoms with E-state index in [2.05, 4.69) is 0 Å². The molecule has 14 heavy (non-hydrogen) atoms. The van der Waals surface area contributed by atoms with Gasteiger partial charge in [0.1, 0.15) is 6.42 Å². The molecule has 0 rings (SSSR count). The minimum absolute atomic E-state index is 0.142. The molecule has 0 saturated heterocycles. The monoisotopic (exact) mass is 231 g/mol. The van der Waals surface area contributed by atoms with E-state index in [0.29, 0.717) is 6.42 Å². The highest BCUT2D eigenvalue weighted by Crippen LogP contribution is 2.20. The lowest BCUT2D eigenvalue weighted by molar-refractivity contribution is -0.160. The minimum Gasteiger partial charge on any atom is -0.345 e. The predicted molar refractivity (Wildman–Crippen MR) is 48.2 cm³/mol. The summed E-state index contributed by atoms with van der Waals surface area (Å²) < 4.78 is 35.4. The smallest absolute Gasteiger partial charge is 0.345 e. The maximum absolute atomic E-state index is 11.8. The van der Waals surface area contributed by atoms with Crippen LogP contribution < -0.4 is 0 Å². The van der Waals surface area contributed by atoms with Gasteiger partial charge in [-0.3, -0.25) is 4.79 Å². The van der Waals surface area contributed by atoms with Crippen LogP contribution in [0.25, 0.3) is 0 Å². The first-order valence-corrected chi connectivity index (χ1v) is 4.61. The number of amides is 1. The molecule has 0 fully saturated rings. The van der Waals surface area contributed by atoms with Crippen LogP contribution in [-0.4, -0.2) is 36.0 Å². The van der Waals surface area contributed by atoms with Gasteiger partial charge in [0, 0.05) is 19.0 Å². The van der Waals surface area contributed by atoms with Gasteiger partial charge >= 0.3 is 6.18 Å². The van der Waals surface area contributed by atoms with Gasteiger partial charge in [-0.15, -0.1) is 11.6 Å². The standard InChI is InChI=1S/C8H13ClF3NO/c1-6(9)3-4-13(2)7(14)5-8(10,11)12/h6H,3-5H2,1-2H3. The Hall–Kier alpha value is -0.450. The van der Waals surface area contributed by atoms with E-state index in [4.69, 9.17) is 11.6 Å². The van der Waals surface area contributed by atoms with Crippen molar-refractivity contribution < 1.29 is 18.0 Å². The van der Waals surface area contributed by atoms with Gasteiger partial charge in [-0.25, -0.2) is 0 Å².